The zero-order valence-corrected chi connectivity index (χ0v) is 14.6. The fourth-order valence-electron chi connectivity index (χ4n) is 1.73. The van der Waals surface area contributed by atoms with Crippen molar-refractivity contribution in [2.45, 2.75) is 13.8 Å². The number of amides is 2. The Balaban J connectivity index is 2.50. The van der Waals surface area contributed by atoms with Gasteiger partial charge in [0, 0.05) is 24.5 Å². The maximum atomic E-state index is 12.1. The van der Waals surface area contributed by atoms with Crippen LogP contribution in [-0.4, -0.2) is 45.0 Å². The molecule has 0 fully saturated rings. The molecular formula is C16H23ClN2O4. The molecule has 2 N–H and O–H groups in total. The summed E-state index contributed by atoms with van der Waals surface area (Å²) >= 11 is 5.73. The van der Waals surface area contributed by atoms with Crippen LogP contribution in [0.4, 0.5) is 0 Å². The van der Waals surface area contributed by atoms with Gasteiger partial charge in [0.25, 0.3) is 5.91 Å². The maximum absolute atomic E-state index is 12.1. The van der Waals surface area contributed by atoms with Gasteiger partial charge in [0.2, 0.25) is 5.91 Å². The minimum absolute atomic E-state index is 0.145. The summed E-state index contributed by atoms with van der Waals surface area (Å²) in [7, 11) is 3.04. The van der Waals surface area contributed by atoms with Gasteiger partial charge < -0.3 is 20.1 Å². The number of halogens is 1. The molecule has 0 aliphatic rings. The van der Waals surface area contributed by atoms with Gasteiger partial charge in [-0.25, -0.2) is 0 Å². The van der Waals surface area contributed by atoms with Crippen LogP contribution in [0.2, 0.25) is 0 Å². The van der Waals surface area contributed by atoms with Crippen LogP contribution in [0.5, 0.6) is 11.5 Å². The minimum Gasteiger partial charge on any atom is -0.493 e. The lowest BCUT2D eigenvalue weighted by Crippen LogP contribution is -2.41. The second-order valence-corrected chi connectivity index (χ2v) is 5.87. The van der Waals surface area contributed by atoms with E-state index in [1.807, 2.05) is 0 Å². The predicted molar refractivity (Wildman–Crippen MR) is 89.4 cm³/mol. The van der Waals surface area contributed by atoms with Crippen molar-refractivity contribution in [3.05, 3.63) is 23.8 Å². The average Bonchev–Trinajstić information content (AvgIpc) is 2.57. The van der Waals surface area contributed by atoms with E-state index in [9.17, 15) is 9.59 Å². The van der Waals surface area contributed by atoms with Crippen molar-refractivity contribution in [3.63, 3.8) is 0 Å². The van der Waals surface area contributed by atoms with E-state index in [0.717, 1.165) is 0 Å². The lowest BCUT2D eigenvalue weighted by Gasteiger charge is -2.20. The molecule has 0 aliphatic heterocycles. The van der Waals surface area contributed by atoms with E-state index in [4.69, 9.17) is 21.1 Å². The van der Waals surface area contributed by atoms with Gasteiger partial charge >= 0.3 is 0 Å². The average molecular weight is 343 g/mol. The van der Waals surface area contributed by atoms with Gasteiger partial charge in [-0.05, 0) is 32.0 Å². The van der Waals surface area contributed by atoms with Crippen molar-refractivity contribution >= 4 is 23.4 Å². The van der Waals surface area contributed by atoms with Crippen LogP contribution in [0, 0.1) is 5.41 Å². The summed E-state index contributed by atoms with van der Waals surface area (Å²) in [5.41, 5.74) is -0.176. The lowest BCUT2D eigenvalue weighted by atomic mass is 9.95. The topological polar surface area (TPSA) is 76.7 Å². The van der Waals surface area contributed by atoms with Gasteiger partial charge in [0.1, 0.15) is 0 Å². The normalized spacial score (nSPS) is 10.8. The fourth-order valence-corrected chi connectivity index (χ4v) is 1.85. The summed E-state index contributed by atoms with van der Waals surface area (Å²) in [6.45, 7) is 4.17. The Labute approximate surface area is 141 Å². The maximum Gasteiger partial charge on any atom is 0.251 e. The van der Waals surface area contributed by atoms with Crippen LogP contribution in [-0.2, 0) is 4.79 Å². The number of hydrogen-bond acceptors (Lipinski definition) is 4. The predicted octanol–water partition coefficient (Wildman–Crippen LogP) is 1.81. The second-order valence-electron chi connectivity index (χ2n) is 5.60. The van der Waals surface area contributed by atoms with Crippen LogP contribution in [0.15, 0.2) is 18.2 Å². The zero-order chi connectivity index (χ0) is 17.5. The third-order valence-electron chi connectivity index (χ3n) is 3.29. The molecule has 7 heteroatoms. The molecule has 1 aromatic carbocycles. The first-order valence-electron chi connectivity index (χ1n) is 7.20. The van der Waals surface area contributed by atoms with E-state index in [2.05, 4.69) is 10.6 Å². The van der Waals surface area contributed by atoms with Gasteiger partial charge in [-0.2, -0.15) is 0 Å². The molecule has 6 nitrogen and oxygen atoms in total. The van der Waals surface area contributed by atoms with E-state index in [0.29, 0.717) is 30.2 Å². The van der Waals surface area contributed by atoms with Gasteiger partial charge in [0.15, 0.2) is 11.5 Å². The largest absolute Gasteiger partial charge is 0.493 e. The number of alkyl halides is 1. The van der Waals surface area contributed by atoms with E-state index < -0.39 is 5.41 Å². The highest BCUT2D eigenvalue weighted by Crippen LogP contribution is 2.27. The molecule has 128 valence electrons. The second kappa shape index (κ2) is 8.62. The molecule has 0 spiro atoms. The number of ether oxygens (including phenoxy) is 2. The van der Waals surface area contributed by atoms with Crippen molar-refractivity contribution in [1.82, 2.24) is 10.6 Å². The summed E-state index contributed by atoms with van der Waals surface area (Å²) in [5, 5.41) is 5.47. The highest BCUT2D eigenvalue weighted by atomic mass is 35.5. The third-order valence-corrected chi connectivity index (χ3v) is 3.96. The van der Waals surface area contributed by atoms with Crippen LogP contribution in [0.3, 0.4) is 0 Å². The van der Waals surface area contributed by atoms with Crippen molar-refractivity contribution in [1.29, 1.82) is 0 Å². The monoisotopic (exact) mass is 342 g/mol. The van der Waals surface area contributed by atoms with Crippen molar-refractivity contribution < 1.29 is 19.1 Å². The first-order chi connectivity index (χ1) is 10.9. The first kappa shape index (κ1) is 19.1. The van der Waals surface area contributed by atoms with Gasteiger partial charge in [-0.15, -0.1) is 11.6 Å². The van der Waals surface area contributed by atoms with Gasteiger partial charge in [0.05, 0.1) is 19.6 Å². The highest BCUT2D eigenvalue weighted by molar-refractivity contribution is 6.19. The summed E-state index contributed by atoms with van der Waals surface area (Å²) in [6.07, 6.45) is 0. The smallest absolute Gasteiger partial charge is 0.251 e. The number of rotatable bonds is 8. The molecule has 0 aliphatic carbocycles. The molecule has 2 amide bonds. The highest BCUT2D eigenvalue weighted by Gasteiger charge is 2.25. The van der Waals surface area contributed by atoms with E-state index >= 15 is 0 Å². The summed E-state index contributed by atoms with van der Waals surface area (Å²) in [6, 6.07) is 4.91. The van der Waals surface area contributed by atoms with Gasteiger partial charge in [-0.3, -0.25) is 9.59 Å². The van der Waals surface area contributed by atoms with E-state index in [1.165, 1.54) is 14.2 Å². The molecule has 0 heterocycles. The van der Waals surface area contributed by atoms with Gasteiger partial charge in [-0.1, -0.05) is 0 Å². The Morgan fingerprint density at radius 2 is 1.70 bits per heavy atom. The molecular weight excluding hydrogens is 320 g/mol. The SMILES string of the molecule is COc1ccc(C(=O)NCCNC(=O)C(C)(C)CCl)cc1OC. The Kier molecular flexibility index (Phi) is 7.16. The lowest BCUT2D eigenvalue weighted by molar-refractivity contribution is -0.128. The standard InChI is InChI=1S/C16H23ClN2O4/c1-16(2,10-17)15(21)19-8-7-18-14(20)11-5-6-12(22-3)13(9-11)23-4/h5-6,9H,7-8,10H2,1-4H3,(H,18,20)(H,19,21). The zero-order valence-electron chi connectivity index (χ0n) is 13.9. The number of carbonyl (C=O) groups is 2. The first-order valence-corrected chi connectivity index (χ1v) is 7.73. The molecule has 23 heavy (non-hydrogen) atoms. The molecule has 0 radical (unpaired) electrons. The Morgan fingerprint density at radius 3 is 2.26 bits per heavy atom. The summed E-state index contributed by atoms with van der Waals surface area (Å²) < 4.78 is 10.3. The summed E-state index contributed by atoms with van der Waals surface area (Å²) in [4.78, 5) is 23.9. The van der Waals surface area contributed by atoms with Crippen LogP contribution in [0.25, 0.3) is 0 Å². The molecule has 0 atom stereocenters. The number of carbonyl (C=O) groups excluding carboxylic acids is 2. The third kappa shape index (κ3) is 5.32. The Hall–Kier alpha value is -1.95. The van der Waals surface area contributed by atoms with E-state index in [1.54, 1.807) is 32.0 Å². The molecule has 1 rings (SSSR count). The summed E-state index contributed by atoms with van der Waals surface area (Å²) in [5.74, 6) is 0.873. The van der Waals surface area contributed by atoms with Crippen LogP contribution >= 0.6 is 11.6 Å². The number of benzene rings is 1. The molecule has 0 saturated heterocycles. The molecule has 0 aromatic heterocycles. The molecule has 0 saturated carbocycles. The van der Waals surface area contributed by atoms with Crippen molar-refractivity contribution in [3.8, 4) is 11.5 Å². The van der Waals surface area contributed by atoms with Crippen molar-refractivity contribution in [2.75, 3.05) is 33.2 Å². The quantitative estimate of drug-likeness (QED) is 0.558. The molecule has 0 unspecified atom stereocenters. The Morgan fingerprint density at radius 1 is 1.09 bits per heavy atom. The fraction of sp³-hybridized carbons (Fsp3) is 0.500. The molecule has 0 bridgehead atoms. The number of nitrogens with one attached hydrogen (secondary N) is 2. The molecule has 1 aromatic rings. The van der Waals surface area contributed by atoms with Crippen molar-refractivity contribution in [2.24, 2.45) is 5.41 Å². The van der Waals surface area contributed by atoms with Crippen LogP contribution in [0.1, 0.15) is 24.2 Å². The van der Waals surface area contributed by atoms with E-state index in [-0.39, 0.29) is 17.7 Å². The number of methoxy groups -OCH3 is 2. The minimum atomic E-state index is -0.630. The number of hydrogen-bond donors (Lipinski definition) is 2. The van der Waals surface area contributed by atoms with Crippen LogP contribution < -0.4 is 20.1 Å². The Bertz CT molecular complexity index is 561.